The number of aromatic nitrogens is 1. The van der Waals surface area contributed by atoms with Crippen molar-refractivity contribution in [1.82, 2.24) is 4.98 Å². The summed E-state index contributed by atoms with van der Waals surface area (Å²) in [6.07, 6.45) is 3.73. The van der Waals surface area contributed by atoms with Crippen molar-refractivity contribution in [1.29, 1.82) is 0 Å². The molecule has 0 radical (unpaired) electrons. The zero-order valence-electron chi connectivity index (χ0n) is 25.7. The van der Waals surface area contributed by atoms with E-state index in [0.29, 0.717) is 53.9 Å². The van der Waals surface area contributed by atoms with E-state index in [1.165, 1.54) is 12.0 Å². The molecule has 1 N–H and O–H groups in total. The highest BCUT2D eigenvalue weighted by atomic mass is 32.1. The van der Waals surface area contributed by atoms with Gasteiger partial charge in [0.05, 0.1) is 44.2 Å². The summed E-state index contributed by atoms with van der Waals surface area (Å²) in [5, 5.41) is 11.7. The Bertz CT molecular complexity index is 1530. The van der Waals surface area contributed by atoms with Gasteiger partial charge < -0.3 is 24.1 Å². The number of aliphatic hydroxyl groups is 1. The number of carbonyl (C=O) groups is 3. The molecule has 0 saturated carbocycles. The van der Waals surface area contributed by atoms with Gasteiger partial charge in [0, 0.05) is 5.56 Å². The fourth-order valence-electron chi connectivity index (χ4n) is 4.72. The fraction of sp³-hybridized carbons (Fsp3) is 0.394. The van der Waals surface area contributed by atoms with E-state index in [4.69, 9.17) is 18.9 Å². The summed E-state index contributed by atoms with van der Waals surface area (Å²) in [4.78, 5) is 45.6. The number of thiazole rings is 1. The highest BCUT2D eigenvalue weighted by Crippen LogP contribution is 2.45. The molecule has 11 heteroatoms. The van der Waals surface area contributed by atoms with Gasteiger partial charge in [-0.05, 0) is 68.7 Å². The Balaban J connectivity index is 1.85. The Kier molecular flexibility index (Phi) is 11.0. The van der Waals surface area contributed by atoms with E-state index in [1.54, 1.807) is 49.4 Å². The number of benzene rings is 2. The number of aliphatic hydroxyl groups excluding tert-OH is 1. The normalized spacial score (nSPS) is 15.8. The number of ketones is 1. The molecule has 2 aromatic carbocycles. The standard InChI is InChI=1S/C33H38N2O8S/c1-6-9-17-42-23-14-11-21(12-15-23)28(36)26-27(22-13-16-24(43-18-10-7-2)25(19-22)41-8-3)35(31(38)29(26)37)33-34-20(4)30(44-33)32(39)40-5/h11-16,19,27,36H,6-10,17-18H2,1-5H3/t27-/m1/s1. The molecule has 1 saturated heterocycles. The van der Waals surface area contributed by atoms with Crippen LogP contribution in [0.4, 0.5) is 5.13 Å². The minimum atomic E-state index is -1.07. The zero-order valence-corrected chi connectivity index (χ0v) is 26.5. The third-order valence-corrected chi connectivity index (χ3v) is 8.18. The number of ether oxygens (including phenoxy) is 4. The molecule has 1 atom stereocenters. The van der Waals surface area contributed by atoms with Crippen molar-refractivity contribution < 1.29 is 38.4 Å². The molecule has 1 amide bonds. The van der Waals surface area contributed by atoms with Crippen LogP contribution in [0, 0.1) is 6.92 Å². The molecule has 1 aromatic heterocycles. The van der Waals surface area contributed by atoms with E-state index < -0.39 is 23.7 Å². The first-order valence-corrected chi connectivity index (χ1v) is 15.6. The molecule has 1 fully saturated rings. The molecule has 2 heterocycles. The second kappa shape index (κ2) is 14.9. The average Bonchev–Trinajstić information content (AvgIpc) is 3.53. The van der Waals surface area contributed by atoms with Gasteiger partial charge in [0.15, 0.2) is 16.6 Å². The van der Waals surface area contributed by atoms with E-state index in [2.05, 4.69) is 18.8 Å². The SMILES string of the molecule is CCCCOc1ccc(C(O)=C2C(=O)C(=O)N(c3nc(C)c(C(=O)OC)s3)[C@@H]2c2ccc(OCCCC)c(OCC)c2)cc1. The number of nitrogens with zero attached hydrogens (tertiary/aromatic N) is 2. The topological polar surface area (TPSA) is 124 Å². The quantitative estimate of drug-likeness (QED) is 0.0694. The van der Waals surface area contributed by atoms with E-state index in [0.717, 1.165) is 37.0 Å². The first-order valence-electron chi connectivity index (χ1n) is 14.7. The molecule has 10 nitrogen and oxygen atoms in total. The van der Waals surface area contributed by atoms with Crippen LogP contribution in [0.1, 0.15) is 79.0 Å². The number of carbonyl (C=O) groups excluding carboxylic acids is 3. The number of rotatable bonds is 14. The third-order valence-electron chi connectivity index (χ3n) is 7.04. The van der Waals surface area contributed by atoms with Crippen molar-refractivity contribution in [2.45, 2.75) is 59.4 Å². The molecule has 0 unspecified atom stereocenters. The van der Waals surface area contributed by atoms with Gasteiger partial charge in [-0.1, -0.05) is 44.1 Å². The van der Waals surface area contributed by atoms with E-state index in [1.807, 2.05) is 6.92 Å². The molecule has 0 spiro atoms. The lowest BCUT2D eigenvalue weighted by atomic mass is 9.95. The van der Waals surface area contributed by atoms with Crippen molar-refractivity contribution in [2.75, 3.05) is 31.8 Å². The monoisotopic (exact) mass is 622 g/mol. The van der Waals surface area contributed by atoms with Crippen molar-refractivity contribution >= 4 is 39.9 Å². The van der Waals surface area contributed by atoms with Crippen molar-refractivity contribution in [3.05, 3.63) is 69.7 Å². The molecule has 44 heavy (non-hydrogen) atoms. The molecule has 0 bridgehead atoms. The van der Waals surface area contributed by atoms with Gasteiger partial charge in [-0.15, -0.1) is 0 Å². The van der Waals surface area contributed by atoms with Gasteiger partial charge in [-0.3, -0.25) is 14.5 Å². The van der Waals surface area contributed by atoms with Gasteiger partial charge in [0.25, 0.3) is 5.78 Å². The number of amides is 1. The lowest BCUT2D eigenvalue weighted by Crippen LogP contribution is -2.29. The largest absolute Gasteiger partial charge is 0.507 e. The minimum absolute atomic E-state index is 0.120. The number of aryl methyl sites for hydroxylation is 1. The third kappa shape index (κ3) is 6.88. The lowest BCUT2D eigenvalue weighted by Gasteiger charge is -2.24. The predicted octanol–water partition coefficient (Wildman–Crippen LogP) is 6.62. The maximum atomic E-state index is 13.7. The smallest absolute Gasteiger partial charge is 0.350 e. The first-order chi connectivity index (χ1) is 21.2. The highest BCUT2D eigenvalue weighted by Gasteiger charge is 2.48. The van der Waals surface area contributed by atoms with E-state index >= 15 is 0 Å². The molecule has 0 aliphatic carbocycles. The van der Waals surface area contributed by atoms with Crippen molar-refractivity contribution in [3.63, 3.8) is 0 Å². The number of Topliss-reactive ketones (excluding diaryl/α,β-unsaturated/α-hetero) is 1. The lowest BCUT2D eigenvalue weighted by molar-refractivity contribution is -0.132. The molecule has 4 rings (SSSR count). The average molecular weight is 623 g/mol. The number of methoxy groups -OCH3 is 1. The van der Waals surface area contributed by atoms with Gasteiger partial charge in [-0.25, -0.2) is 9.78 Å². The van der Waals surface area contributed by atoms with Crippen LogP contribution in [0.2, 0.25) is 0 Å². The fourth-order valence-corrected chi connectivity index (χ4v) is 5.73. The summed E-state index contributed by atoms with van der Waals surface area (Å²) in [5.41, 5.74) is 1.06. The van der Waals surface area contributed by atoms with Crippen LogP contribution < -0.4 is 19.1 Å². The summed E-state index contributed by atoms with van der Waals surface area (Å²) in [5.74, 6) is -1.14. The number of hydrogen-bond donors (Lipinski definition) is 1. The number of hydrogen-bond acceptors (Lipinski definition) is 10. The van der Waals surface area contributed by atoms with Crippen LogP contribution in [0.25, 0.3) is 5.76 Å². The summed E-state index contributed by atoms with van der Waals surface area (Å²) < 4.78 is 22.4. The van der Waals surface area contributed by atoms with Crippen molar-refractivity contribution in [2.24, 2.45) is 0 Å². The second-order valence-electron chi connectivity index (χ2n) is 10.1. The summed E-state index contributed by atoms with van der Waals surface area (Å²) >= 11 is 0.936. The summed E-state index contributed by atoms with van der Waals surface area (Å²) in [6.45, 7) is 9.03. The van der Waals surface area contributed by atoms with Gasteiger partial charge in [0.2, 0.25) is 0 Å². The van der Waals surface area contributed by atoms with Gasteiger partial charge in [-0.2, -0.15) is 0 Å². The predicted molar refractivity (Wildman–Crippen MR) is 168 cm³/mol. The molecular formula is C33H38N2O8S. The number of unbranched alkanes of at least 4 members (excludes halogenated alkanes) is 2. The first kappa shape index (κ1) is 32.5. The highest BCUT2D eigenvalue weighted by molar-refractivity contribution is 7.17. The van der Waals surface area contributed by atoms with E-state index in [-0.39, 0.29) is 21.3 Å². The minimum Gasteiger partial charge on any atom is -0.507 e. The summed E-state index contributed by atoms with van der Waals surface area (Å²) in [7, 11) is 1.26. The number of anilines is 1. The molecule has 1 aliphatic heterocycles. The van der Waals surface area contributed by atoms with Gasteiger partial charge in [0.1, 0.15) is 16.4 Å². The van der Waals surface area contributed by atoms with Crippen LogP contribution in [0.5, 0.6) is 17.2 Å². The zero-order chi connectivity index (χ0) is 31.8. The molecular weight excluding hydrogens is 584 g/mol. The Labute approximate surface area is 261 Å². The Morgan fingerprint density at radius 2 is 1.64 bits per heavy atom. The van der Waals surface area contributed by atoms with Crippen LogP contribution in [-0.2, 0) is 14.3 Å². The molecule has 3 aromatic rings. The molecule has 234 valence electrons. The Hall–Kier alpha value is -4.38. The Morgan fingerprint density at radius 3 is 2.27 bits per heavy atom. The maximum absolute atomic E-state index is 13.7. The van der Waals surface area contributed by atoms with Crippen molar-refractivity contribution in [3.8, 4) is 17.2 Å². The summed E-state index contributed by atoms with van der Waals surface area (Å²) in [6, 6.07) is 10.8. The van der Waals surface area contributed by atoms with Crippen LogP contribution in [-0.4, -0.2) is 54.7 Å². The van der Waals surface area contributed by atoms with Gasteiger partial charge >= 0.3 is 11.9 Å². The van der Waals surface area contributed by atoms with Crippen LogP contribution in [0.15, 0.2) is 48.0 Å². The maximum Gasteiger partial charge on any atom is 0.350 e. The Morgan fingerprint density at radius 1 is 0.955 bits per heavy atom. The van der Waals surface area contributed by atoms with Crippen LogP contribution in [0.3, 0.4) is 0 Å². The van der Waals surface area contributed by atoms with Crippen LogP contribution >= 0.6 is 11.3 Å². The van der Waals surface area contributed by atoms with E-state index in [9.17, 15) is 19.5 Å². The second-order valence-corrected chi connectivity index (χ2v) is 11.1. The number of esters is 1. The molecule has 1 aliphatic rings.